The summed E-state index contributed by atoms with van der Waals surface area (Å²) in [6, 6.07) is 2.42. The molecule has 0 aromatic carbocycles. The van der Waals surface area contributed by atoms with Crippen LogP contribution in [-0.2, 0) is 0 Å². The summed E-state index contributed by atoms with van der Waals surface area (Å²) in [6.07, 6.45) is 2.79. The zero-order valence-corrected chi connectivity index (χ0v) is 10.3. The van der Waals surface area contributed by atoms with E-state index in [4.69, 9.17) is 5.53 Å². The lowest BCUT2D eigenvalue weighted by Crippen LogP contribution is -2.53. The summed E-state index contributed by atoms with van der Waals surface area (Å²) in [5.41, 5.74) is 7.75. The minimum atomic E-state index is -0.390. The van der Waals surface area contributed by atoms with Crippen LogP contribution in [-0.4, -0.2) is 29.6 Å². The van der Waals surface area contributed by atoms with Crippen LogP contribution >= 0.6 is 11.8 Å². The molecular formula is C10H17N5S. The number of nitrogens with one attached hydrogen (secondary N) is 1. The van der Waals surface area contributed by atoms with E-state index in [-0.39, 0.29) is 5.54 Å². The molecule has 0 amide bonds. The van der Waals surface area contributed by atoms with E-state index in [0.717, 1.165) is 31.6 Å². The van der Waals surface area contributed by atoms with Crippen LogP contribution in [0, 0.1) is 11.3 Å². The molecule has 5 nitrogen and oxygen atoms in total. The Morgan fingerprint density at radius 2 is 2.56 bits per heavy atom. The van der Waals surface area contributed by atoms with Gasteiger partial charge in [0.1, 0.15) is 5.54 Å². The van der Waals surface area contributed by atoms with Crippen LogP contribution < -0.4 is 5.32 Å². The zero-order valence-electron chi connectivity index (χ0n) is 9.52. The third kappa shape index (κ3) is 3.31. The van der Waals surface area contributed by atoms with Gasteiger partial charge in [-0.2, -0.15) is 17.0 Å². The van der Waals surface area contributed by atoms with Crippen molar-refractivity contribution in [1.82, 2.24) is 5.32 Å². The molecule has 16 heavy (non-hydrogen) atoms. The van der Waals surface area contributed by atoms with E-state index in [1.165, 1.54) is 0 Å². The van der Waals surface area contributed by atoms with E-state index in [0.29, 0.717) is 11.8 Å². The third-order valence-corrected chi connectivity index (χ3v) is 4.34. The van der Waals surface area contributed by atoms with Gasteiger partial charge in [0.2, 0.25) is 0 Å². The monoisotopic (exact) mass is 239 g/mol. The summed E-state index contributed by atoms with van der Waals surface area (Å²) < 4.78 is 0. The lowest BCUT2D eigenvalue weighted by atomic mass is 9.91. The Labute approximate surface area is 100 Å². The van der Waals surface area contributed by atoms with Gasteiger partial charge in [0.15, 0.2) is 0 Å². The molecule has 0 bridgehead atoms. The number of hydrogen-bond acceptors (Lipinski definition) is 4. The molecule has 6 heteroatoms. The van der Waals surface area contributed by atoms with Gasteiger partial charge in [-0.05, 0) is 37.1 Å². The smallest absolute Gasteiger partial charge is 0.118 e. The molecule has 1 fully saturated rings. The molecule has 0 radical (unpaired) electrons. The summed E-state index contributed by atoms with van der Waals surface area (Å²) in [5, 5.41) is 16.4. The zero-order chi connectivity index (χ0) is 11.9. The summed E-state index contributed by atoms with van der Waals surface area (Å²) in [4.78, 5) is 2.70. The van der Waals surface area contributed by atoms with Crippen LogP contribution in [0.5, 0.6) is 0 Å². The Hall–Kier alpha value is -0.890. The topological polar surface area (TPSA) is 84.6 Å². The first kappa shape index (κ1) is 13.2. The fourth-order valence-electron chi connectivity index (χ4n) is 1.88. The maximum atomic E-state index is 9.31. The first-order valence-electron chi connectivity index (χ1n) is 5.54. The average Bonchev–Trinajstić information content (AvgIpc) is 2.31. The fraction of sp³-hybridized carbons (Fsp3) is 0.900. The summed E-state index contributed by atoms with van der Waals surface area (Å²) in [6.45, 7) is 3.33. The Morgan fingerprint density at radius 3 is 3.19 bits per heavy atom. The minimum Gasteiger partial charge on any atom is -0.298 e. The molecule has 1 saturated heterocycles. The second kappa shape index (κ2) is 6.64. The number of hydrogen-bond donors (Lipinski definition) is 1. The van der Waals surface area contributed by atoms with Gasteiger partial charge in [-0.25, -0.2) is 0 Å². The van der Waals surface area contributed by atoms with Crippen molar-refractivity contribution < 1.29 is 0 Å². The number of nitriles is 1. The highest BCUT2D eigenvalue weighted by molar-refractivity contribution is 8.00. The average molecular weight is 239 g/mol. The van der Waals surface area contributed by atoms with Gasteiger partial charge in [-0.3, -0.25) is 5.32 Å². The molecule has 88 valence electrons. The first-order valence-corrected chi connectivity index (χ1v) is 6.59. The number of azide groups is 1. The highest BCUT2D eigenvalue weighted by atomic mass is 32.2. The molecular weight excluding hydrogens is 222 g/mol. The van der Waals surface area contributed by atoms with Crippen molar-refractivity contribution in [1.29, 1.82) is 5.26 Å². The van der Waals surface area contributed by atoms with Gasteiger partial charge in [0, 0.05) is 16.7 Å². The molecule has 0 saturated carbocycles. The SMILES string of the molecule is CC1SCCCC1(C#N)NCCCN=[N+]=[N-]. The van der Waals surface area contributed by atoms with Gasteiger partial charge in [0.25, 0.3) is 0 Å². The van der Waals surface area contributed by atoms with Gasteiger partial charge >= 0.3 is 0 Å². The second-order valence-electron chi connectivity index (χ2n) is 3.93. The predicted octanol–water partition coefficient (Wildman–Crippen LogP) is 2.45. The van der Waals surface area contributed by atoms with Crippen LogP contribution in [0.15, 0.2) is 5.11 Å². The van der Waals surface area contributed by atoms with E-state index >= 15 is 0 Å². The Balaban J connectivity index is 2.41. The summed E-state index contributed by atoms with van der Waals surface area (Å²) >= 11 is 1.85. The highest BCUT2D eigenvalue weighted by Crippen LogP contribution is 2.33. The molecule has 1 aliphatic heterocycles. The summed E-state index contributed by atoms with van der Waals surface area (Å²) in [5.74, 6) is 1.14. The largest absolute Gasteiger partial charge is 0.298 e. The van der Waals surface area contributed by atoms with E-state index in [1.807, 2.05) is 11.8 Å². The number of rotatable bonds is 5. The molecule has 1 heterocycles. The van der Waals surface area contributed by atoms with E-state index in [9.17, 15) is 5.26 Å². The normalized spacial score (nSPS) is 29.1. The van der Waals surface area contributed by atoms with E-state index in [2.05, 4.69) is 28.3 Å². The lowest BCUT2D eigenvalue weighted by molar-refractivity contribution is 0.369. The summed E-state index contributed by atoms with van der Waals surface area (Å²) in [7, 11) is 0. The van der Waals surface area contributed by atoms with Gasteiger partial charge in [0.05, 0.1) is 6.07 Å². The molecule has 1 N–H and O–H groups in total. The minimum absolute atomic E-state index is 0.325. The van der Waals surface area contributed by atoms with Gasteiger partial charge < -0.3 is 0 Å². The Morgan fingerprint density at radius 1 is 1.75 bits per heavy atom. The fourth-order valence-corrected chi connectivity index (χ4v) is 3.08. The van der Waals surface area contributed by atoms with Gasteiger partial charge in [-0.1, -0.05) is 12.0 Å². The van der Waals surface area contributed by atoms with Crippen LogP contribution in [0.1, 0.15) is 26.2 Å². The molecule has 0 aliphatic carbocycles. The molecule has 2 atom stereocenters. The van der Waals surface area contributed by atoms with E-state index in [1.54, 1.807) is 0 Å². The Kier molecular flexibility index (Phi) is 5.47. The van der Waals surface area contributed by atoms with Crippen LogP contribution in [0.2, 0.25) is 0 Å². The Bertz CT molecular complexity index is 307. The first-order chi connectivity index (χ1) is 7.75. The second-order valence-corrected chi connectivity index (χ2v) is 5.38. The highest BCUT2D eigenvalue weighted by Gasteiger charge is 2.38. The van der Waals surface area contributed by atoms with Gasteiger partial charge in [-0.15, -0.1) is 0 Å². The predicted molar refractivity (Wildman–Crippen MR) is 66.1 cm³/mol. The number of nitrogens with zero attached hydrogens (tertiary/aromatic N) is 4. The van der Waals surface area contributed by atoms with Crippen molar-refractivity contribution in [3.63, 3.8) is 0 Å². The van der Waals surface area contributed by atoms with Crippen molar-refractivity contribution in [2.45, 2.75) is 37.0 Å². The number of thioether (sulfide) groups is 1. The van der Waals surface area contributed by atoms with Crippen LogP contribution in [0.3, 0.4) is 0 Å². The van der Waals surface area contributed by atoms with Crippen LogP contribution in [0.4, 0.5) is 0 Å². The molecule has 1 aliphatic rings. The van der Waals surface area contributed by atoms with Crippen molar-refractivity contribution in [2.24, 2.45) is 5.11 Å². The van der Waals surface area contributed by atoms with Crippen molar-refractivity contribution in [2.75, 3.05) is 18.8 Å². The molecule has 0 aromatic heterocycles. The molecule has 2 unspecified atom stereocenters. The molecule has 0 aromatic rings. The third-order valence-electron chi connectivity index (χ3n) is 2.92. The lowest BCUT2D eigenvalue weighted by Gasteiger charge is -2.37. The van der Waals surface area contributed by atoms with Crippen molar-refractivity contribution in [3.05, 3.63) is 10.4 Å². The quantitative estimate of drug-likeness (QED) is 0.346. The standard InChI is InChI=1S/C10H17N5S/c1-9-10(8-11,4-2-7-16-9)13-5-3-6-14-15-12/h9,13H,2-7H2,1H3. The van der Waals surface area contributed by atoms with Crippen LogP contribution in [0.25, 0.3) is 10.4 Å². The maximum absolute atomic E-state index is 9.31. The molecule has 1 rings (SSSR count). The van der Waals surface area contributed by atoms with Crippen molar-refractivity contribution >= 4 is 11.8 Å². The van der Waals surface area contributed by atoms with E-state index < -0.39 is 0 Å². The maximum Gasteiger partial charge on any atom is 0.118 e. The van der Waals surface area contributed by atoms with Crippen molar-refractivity contribution in [3.8, 4) is 6.07 Å². The molecule has 0 spiro atoms.